The van der Waals surface area contributed by atoms with Crippen LogP contribution in [0, 0.1) is 0 Å². The third-order valence-corrected chi connectivity index (χ3v) is 3.91. The molecule has 8 heteroatoms. The number of hydrogen-bond acceptors (Lipinski definition) is 4. The second-order valence-corrected chi connectivity index (χ2v) is 5.61. The topological polar surface area (TPSA) is 77.2 Å². The van der Waals surface area contributed by atoms with E-state index in [-0.39, 0.29) is 11.2 Å². The van der Waals surface area contributed by atoms with E-state index in [9.17, 15) is 9.90 Å². The Labute approximate surface area is 141 Å². The summed E-state index contributed by atoms with van der Waals surface area (Å²) in [5, 5.41) is 14.5. The van der Waals surface area contributed by atoms with Crippen LogP contribution in [-0.2, 0) is 6.54 Å². The van der Waals surface area contributed by atoms with Gasteiger partial charge in [-0.2, -0.15) is 5.10 Å². The Morgan fingerprint density at radius 3 is 2.74 bits per heavy atom. The fraction of sp³-hybridized carbons (Fsp3) is 0.133. The zero-order valence-corrected chi connectivity index (χ0v) is 13.5. The van der Waals surface area contributed by atoms with Gasteiger partial charge in [0.25, 0.3) is 0 Å². The predicted molar refractivity (Wildman–Crippen MR) is 86.6 cm³/mol. The summed E-state index contributed by atoms with van der Waals surface area (Å²) < 4.78 is 6.58. The van der Waals surface area contributed by atoms with Crippen LogP contribution in [0.4, 0.5) is 0 Å². The molecular formula is C15H11Cl2N3O3. The zero-order chi connectivity index (χ0) is 16.6. The molecule has 0 atom stereocenters. The van der Waals surface area contributed by atoms with Crippen molar-refractivity contribution in [1.82, 2.24) is 14.8 Å². The van der Waals surface area contributed by atoms with Crippen LogP contribution >= 0.6 is 23.2 Å². The van der Waals surface area contributed by atoms with Gasteiger partial charge in [0.2, 0.25) is 5.88 Å². The van der Waals surface area contributed by atoms with Crippen LogP contribution in [0.2, 0.25) is 10.0 Å². The summed E-state index contributed by atoms with van der Waals surface area (Å²) in [5.74, 6) is -0.833. The number of hydrogen-bond donors (Lipinski definition) is 1. The Morgan fingerprint density at radius 2 is 2.09 bits per heavy atom. The standard InChI is InChI=1S/C15H11Cl2N3O3/c1-23-12-5-4-11-13(18-12)14(15(21)22)19-20(11)7-8-2-3-9(16)6-10(8)17/h2-6H,7H2,1H3,(H,21,22). The van der Waals surface area contributed by atoms with Gasteiger partial charge in [0.1, 0.15) is 5.52 Å². The fourth-order valence-corrected chi connectivity index (χ4v) is 2.70. The summed E-state index contributed by atoms with van der Waals surface area (Å²) in [7, 11) is 1.46. The molecule has 0 saturated carbocycles. The van der Waals surface area contributed by atoms with Crippen LogP contribution in [0.25, 0.3) is 11.0 Å². The van der Waals surface area contributed by atoms with Crippen LogP contribution in [0.5, 0.6) is 5.88 Å². The van der Waals surface area contributed by atoms with Crippen molar-refractivity contribution in [2.24, 2.45) is 0 Å². The number of fused-ring (bicyclic) bond motifs is 1. The van der Waals surface area contributed by atoms with Crippen LogP contribution in [0.3, 0.4) is 0 Å². The molecule has 0 bridgehead atoms. The Kier molecular flexibility index (Phi) is 4.11. The van der Waals surface area contributed by atoms with Crippen LogP contribution in [0.1, 0.15) is 16.1 Å². The maximum atomic E-state index is 11.4. The minimum absolute atomic E-state index is 0.135. The molecule has 6 nitrogen and oxygen atoms in total. The Morgan fingerprint density at radius 1 is 1.30 bits per heavy atom. The number of aromatic carboxylic acids is 1. The lowest BCUT2D eigenvalue weighted by atomic mass is 10.2. The number of halogens is 2. The summed E-state index contributed by atoms with van der Waals surface area (Å²) >= 11 is 12.1. The minimum Gasteiger partial charge on any atom is -0.481 e. The summed E-state index contributed by atoms with van der Waals surface area (Å²) in [4.78, 5) is 15.6. The van der Waals surface area contributed by atoms with Crippen LogP contribution in [0.15, 0.2) is 30.3 Å². The molecule has 2 aromatic heterocycles. The zero-order valence-electron chi connectivity index (χ0n) is 12.0. The molecule has 3 aromatic rings. The predicted octanol–water partition coefficient (Wildman–Crippen LogP) is 3.49. The number of carbonyl (C=O) groups is 1. The van der Waals surface area contributed by atoms with Gasteiger partial charge in [0.15, 0.2) is 5.69 Å². The number of methoxy groups -OCH3 is 1. The molecule has 0 aliphatic rings. The highest BCUT2D eigenvalue weighted by Crippen LogP contribution is 2.25. The normalized spacial score (nSPS) is 10.9. The SMILES string of the molecule is COc1ccc2c(n1)c(C(=O)O)nn2Cc1ccc(Cl)cc1Cl. The van der Waals surface area contributed by atoms with E-state index in [1.807, 2.05) is 0 Å². The molecule has 0 aliphatic carbocycles. The Hall–Kier alpha value is -2.31. The maximum absolute atomic E-state index is 11.4. The smallest absolute Gasteiger partial charge is 0.358 e. The van der Waals surface area contributed by atoms with Gasteiger partial charge in [-0.3, -0.25) is 4.68 Å². The van der Waals surface area contributed by atoms with Gasteiger partial charge < -0.3 is 9.84 Å². The highest BCUT2D eigenvalue weighted by molar-refractivity contribution is 6.35. The molecule has 0 radical (unpaired) electrons. The number of carboxylic acids is 1. The molecule has 118 valence electrons. The molecule has 3 rings (SSSR count). The lowest BCUT2D eigenvalue weighted by Crippen LogP contribution is -2.05. The molecule has 2 heterocycles. The first-order chi connectivity index (χ1) is 11.0. The third-order valence-electron chi connectivity index (χ3n) is 3.32. The lowest BCUT2D eigenvalue weighted by Gasteiger charge is -2.06. The lowest BCUT2D eigenvalue weighted by molar-refractivity contribution is 0.0691. The summed E-state index contributed by atoms with van der Waals surface area (Å²) in [6.45, 7) is 0.299. The maximum Gasteiger partial charge on any atom is 0.358 e. The van der Waals surface area contributed by atoms with Crippen molar-refractivity contribution in [3.05, 3.63) is 51.6 Å². The number of ether oxygens (including phenoxy) is 1. The number of nitrogens with zero attached hydrogens (tertiary/aromatic N) is 3. The second kappa shape index (κ2) is 6.06. The van der Waals surface area contributed by atoms with Gasteiger partial charge in [0, 0.05) is 16.1 Å². The van der Waals surface area contributed by atoms with Crippen molar-refractivity contribution < 1.29 is 14.6 Å². The van der Waals surface area contributed by atoms with Crippen molar-refractivity contribution in [3.8, 4) is 5.88 Å². The van der Waals surface area contributed by atoms with E-state index in [0.717, 1.165) is 5.56 Å². The van der Waals surface area contributed by atoms with E-state index in [1.165, 1.54) is 7.11 Å². The molecular weight excluding hydrogens is 341 g/mol. The quantitative estimate of drug-likeness (QED) is 0.778. The Bertz CT molecular complexity index is 908. The first-order valence-electron chi connectivity index (χ1n) is 6.58. The molecule has 0 spiro atoms. The van der Waals surface area contributed by atoms with Gasteiger partial charge in [-0.25, -0.2) is 9.78 Å². The van der Waals surface area contributed by atoms with Crippen LogP contribution in [-0.4, -0.2) is 33.0 Å². The molecule has 0 amide bonds. The Balaban J connectivity index is 2.12. The molecule has 1 aromatic carbocycles. The average Bonchev–Trinajstić information content (AvgIpc) is 2.88. The van der Waals surface area contributed by atoms with E-state index < -0.39 is 5.97 Å². The molecule has 0 unspecified atom stereocenters. The molecule has 0 fully saturated rings. The van der Waals surface area contributed by atoms with E-state index in [4.69, 9.17) is 27.9 Å². The van der Waals surface area contributed by atoms with Crippen molar-refractivity contribution in [3.63, 3.8) is 0 Å². The largest absolute Gasteiger partial charge is 0.481 e. The fourth-order valence-electron chi connectivity index (χ4n) is 2.23. The molecule has 0 saturated heterocycles. The number of rotatable bonds is 4. The average molecular weight is 352 g/mol. The summed E-state index contributed by atoms with van der Waals surface area (Å²) in [6, 6.07) is 8.48. The minimum atomic E-state index is -1.16. The van der Waals surface area contributed by atoms with Gasteiger partial charge in [-0.15, -0.1) is 0 Å². The summed E-state index contributed by atoms with van der Waals surface area (Å²) in [5.41, 5.74) is 1.48. The number of pyridine rings is 1. The number of benzene rings is 1. The van der Waals surface area contributed by atoms with Gasteiger partial charge >= 0.3 is 5.97 Å². The number of aromatic nitrogens is 3. The van der Waals surface area contributed by atoms with Crippen molar-refractivity contribution in [2.45, 2.75) is 6.54 Å². The van der Waals surface area contributed by atoms with Crippen LogP contribution < -0.4 is 4.74 Å². The van der Waals surface area contributed by atoms with Crippen molar-refractivity contribution in [2.75, 3.05) is 7.11 Å². The second-order valence-electron chi connectivity index (χ2n) is 4.77. The first-order valence-corrected chi connectivity index (χ1v) is 7.34. The van der Waals surface area contributed by atoms with Gasteiger partial charge in [-0.05, 0) is 23.8 Å². The van der Waals surface area contributed by atoms with E-state index in [0.29, 0.717) is 28.0 Å². The van der Waals surface area contributed by atoms with E-state index in [2.05, 4.69) is 10.1 Å². The van der Waals surface area contributed by atoms with Gasteiger partial charge in [-0.1, -0.05) is 29.3 Å². The monoisotopic (exact) mass is 351 g/mol. The van der Waals surface area contributed by atoms with E-state index in [1.54, 1.807) is 35.0 Å². The van der Waals surface area contributed by atoms with Gasteiger partial charge in [0.05, 0.1) is 19.2 Å². The first kappa shape index (κ1) is 15.6. The molecule has 0 aliphatic heterocycles. The summed E-state index contributed by atoms with van der Waals surface area (Å²) in [6.07, 6.45) is 0. The highest BCUT2D eigenvalue weighted by Gasteiger charge is 2.19. The molecule has 1 N–H and O–H groups in total. The highest BCUT2D eigenvalue weighted by atomic mass is 35.5. The van der Waals surface area contributed by atoms with E-state index >= 15 is 0 Å². The number of carboxylic acid groups (broad SMARTS) is 1. The third kappa shape index (κ3) is 2.95. The van der Waals surface area contributed by atoms with Crippen molar-refractivity contribution in [1.29, 1.82) is 0 Å². The van der Waals surface area contributed by atoms with Crippen molar-refractivity contribution >= 4 is 40.2 Å². The molecule has 23 heavy (non-hydrogen) atoms.